The zero-order valence-corrected chi connectivity index (χ0v) is 13.5. The van der Waals surface area contributed by atoms with Crippen LogP contribution in [0.25, 0.3) is 0 Å². The first-order valence-corrected chi connectivity index (χ1v) is 7.27. The van der Waals surface area contributed by atoms with Crippen LogP contribution in [0.1, 0.15) is 37.3 Å². The van der Waals surface area contributed by atoms with Crippen LogP contribution in [0.5, 0.6) is 0 Å². The molecule has 0 aromatic heterocycles. The number of nitrogens with two attached hydrogens (primary N) is 1. The van der Waals surface area contributed by atoms with Crippen molar-refractivity contribution in [3.63, 3.8) is 0 Å². The van der Waals surface area contributed by atoms with Crippen LogP contribution < -0.4 is 5.73 Å². The molecule has 0 saturated carbocycles. The summed E-state index contributed by atoms with van der Waals surface area (Å²) in [5.74, 6) is -6.00. The van der Waals surface area contributed by atoms with E-state index in [9.17, 15) is 22.4 Å². The van der Waals surface area contributed by atoms with E-state index in [1.54, 1.807) is 14.8 Å². The van der Waals surface area contributed by atoms with E-state index in [0.29, 0.717) is 18.5 Å². The van der Waals surface area contributed by atoms with E-state index in [-0.39, 0.29) is 12.2 Å². The van der Waals surface area contributed by atoms with E-state index >= 15 is 0 Å². The van der Waals surface area contributed by atoms with E-state index in [1.807, 2.05) is 0 Å². The SMILES string of the molecule is BC(C)(CCC(=C)N)C(=O)CCc1c(F)c(F)c(C)c(F)c1F. The van der Waals surface area contributed by atoms with E-state index in [0.717, 1.165) is 6.92 Å². The van der Waals surface area contributed by atoms with E-state index in [1.165, 1.54) is 0 Å². The number of halogens is 4. The van der Waals surface area contributed by atoms with Crippen LogP contribution >= 0.6 is 0 Å². The van der Waals surface area contributed by atoms with Gasteiger partial charge in [-0.1, -0.05) is 13.5 Å². The lowest BCUT2D eigenvalue weighted by atomic mass is 9.63. The summed E-state index contributed by atoms with van der Waals surface area (Å²) in [7, 11) is 1.68. The molecule has 0 spiro atoms. The Morgan fingerprint density at radius 1 is 1.13 bits per heavy atom. The monoisotopic (exact) mass is 329 g/mol. The number of carbonyl (C=O) groups excluding carboxylic acids is 1. The number of Topliss-reactive ketones (excluding diaryl/α,β-unsaturated/α-hetero) is 1. The minimum absolute atomic E-state index is 0.222. The number of rotatable bonds is 7. The molecule has 0 aliphatic carbocycles. The van der Waals surface area contributed by atoms with E-state index in [4.69, 9.17) is 5.73 Å². The Morgan fingerprint density at radius 2 is 1.61 bits per heavy atom. The second-order valence-electron chi connectivity index (χ2n) is 6.32. The van der Waals surface area contributed by atoms with Crippen molar-refractivity contribution in [3.8, 4) is 0 Å². The van der Waals surface area contributed by atoms with Gasteiger partial charge in [0.05, 0.1) is 0 Å². The number of ketones is 1. The zero-order valence-electron chi connectivity index (χ0n) is 13.5. The highest BCUT2D eigenvalue weighted by Gasteiger charge is 2.28. The van der Waals surface area contributed by atoms with Crippen LogP contribution in [-0.4, -0.2) is 13.6 Å². The standard InChI is InChI=1S/C16H20BF4NO/c1-8(22)6-7-16(3,17)11(23)5-4-10-14(20)12(18)9(2)13(19)15(10)21/h1,4-7,17,22H2,2-3H3. The lowest BCUT2D eigenvalue weighted by Crippen LogP contribution is -2.22. The molecular formula is C16H20BF4NO. The van der Waals surface area contributed by atoms with Crippen molar-refractivity contribution in [3.05, 3.63) is 46.7 Å². The molecule has 0 saturated heterocycles. The van der Waals surface area contributed by atoms with Gasteiger partial charge in [-0.3, -0.25) is 4.79 Å². The summed E-state index contributed by atoms with van der Waals surface area (Å²) in [6.45, 7) is 6.18. The van der Waals surface area contributed by atoms with Crippen molar-refractivity contribution in [2.45, 2.75) is 44.8 Å². The molecule has 7 heteroatoms. The van der Waals surface area contributed by atoms with Crippen LogP contribution in [0.15, 0.2) is 12.3 Å². The lowest BCUT2D eigenvalue weighted by molar-refractivity contribution is -0.121. The van der Waals surface area contributed by atoms with Crippen molar-refractivity contribution < 1.29 is 22.4 Å². The largest absolute Gasteiger partial charge is 0.403 e. The molecule has 2 nitrogen and oxygen atoms in total. The third-order valence-corrected chi connectivity index (χ3v) is 4.00. The van der Waals surface area contributed by atoms with Crippen molar-refractivity contribution in [2.24, 2.45) is 5.73 Å². The minimum Gasteiger partial charge on any atom is -0.403 e. The first kappa shape index (κ1) is 19.3. The van der Waals surface area contributed by atoms with Gasteiger partial charge in [-0.05, 0) is 31.5 Å². The molecule has 126 valence electrons. The van der Waals surface area contributed by atoms with Gasteiger partial charge in [0.25, 0.3) is 0 Å². The van der Waals surface area contributed by atoms with Crippen LogP contribution in [0.3, 0.4) is 0 Å². The highest BCUT2D eigenvalue weighted by atomic mass is 19.2. The van der Waals surface area contributed by atoms with Crippen molar-refractivity contribution >= 4 is 13.6 Å². The number of hydrogen-bond acceptors (Lipinski definition) is 2. The fraction of sp³-hybridized carbons (Fsp3) is 0.438. The second-order valence-corrected chi connectivity index (χ2v) is 6.32. The summed E-state index contributed by atoms with van der Waals surface area (Å²) >= 11 is 0. The Labute approximate surface area is 134 Å². The number of benzene rings is 1. The van der Waals surface area contributed by atoms with Gasteiger partial charge in [0, 0.05) is 23.2 Å². The molecule has 0 radical (unpaired) electrons. The fourth-order valence-electron chi connectivity index (χ4n) is 2.20. The molecule has 0 bridgehead atoms. The molecule has 1 rings (SSSR count). The number of allylic oxidation sites excluding steroid dienone is 1. The molecule has 0 fully saturated rings. The molecule has 1 unspecified atom stereocenters. The Hall–Kier alpha value is -1.79. The van der Waals surface area contributed by atoms with Gasteiger partial charge in [-0.25, -0.2) is 17.6 Å². The van der Waals surface area contributed by atoms with Gasteiger partial charge < -0.3 is 5.73 Å². The summed E-state index contributed by atoms with van der Waals surface area (Å²) in [4.78, 5) is 12.2. The third-order valence-electron chi connectivity index (χ3n) is 4.00. The predicted molar refractivity (Wildman–Crippen MR) is 83.8 cm³/mol. The number of hydrogen-bond donors (Lipinski definition) is 1. The number of carbonyl (C=O) groups is 1. The van der Waals surface area contributed by atoms with Gasteiger partial charge in [0.2, 0.25) is 0 Å². The van der Waals surface area contributed by atoms with Crippen LogP contribution in [0.4, 0.5) is 17.6 Å². The maximum absolute atomic E-state index is 13.8. The first-order valence-electron chi connectivity index (χ1n) is 7.27. The van der Waals surface area contributed by atoms with Gasteiger partial charge >= 0.3 is 0 Å². The van der Waals surface area contributed by atoms with Crippen LogP contribution in [-0.2, 0) is 11.2 Å². The average Bonchev–Trinajstić information content (AvgIpc) is 2.48. The highest BCUT2D eigenvalue weighted by Crippen LogP contribution is 2.32. The maximum Gasteiger partial charge on any atom is 0.165 e. The molecule has 23 heavy (non-hydrogen) atoms. The van der Waals surface area contributed by atoms with E-state index < -0.39 is 46.1 Å². The fourth-order valence-corrected chi connectivity index (χ4v) is 2.20. The Balaban J connectivity index is 2.91. The molecule has 1 atom stereocenters. The van der Waals surface area contributed by atoms with Crippen molar-refractivity contribution in [1.29, 1.82) is 0 Å². The molecule has 0 heterocycles. The smallest absolute Gasteiger partial charge is 0.165 e. The first-order chi connectivity index (χ1) is 10.5. The van der Waals surface area contributed by atoms with Gasteiger partial charge in [0.15, 0.2) is 23.3 Å². The quantitative estimate of drug-likeness (QED) is 0.474. The van der Waals surface area contributed by atoms with Crippen molar-refractivity contribution in [2.75, 3.05) is 0 Å². The van der Waals surface area contributed by atoms with E-state index in [2.05, 4.69) is 6.58 Å². The molecule has 0 aliphatic rings. The molecule has 1 aromatic carbocycles. The van der Waals surface area contributed by atoms with Crippen LogP contribution in [0, 0.1) is 30.2 Å². The molecular weight excluding hydrogens is 309 g/mol. The van der Waals surface area contributed by atoms with Gasteiger partial charge in [-0.15, -0.1) is 0 Å². The van der Waals surface area contributed by atoms with Crippen LogP contribution in [0.2, 0.25) is 5.31 Å². The maximum atomic E-state index is 13.8. The minimum atomic E-state index is -1.44. The predicted octanol–water partition coefficient (Wildman–Crippen LogP) is 3.12. The molecule has 1 aromatic rings. The highest BCUT2D eigenvalue weighted by molar-refractivity contribution is 6.28. The Kier molecular flexibility index (Phi) is 6.02. The van der Waals surface area contributed by atoms with Gasteiger partial charge in [0.1, 0.15) is 13.6 Å². The second kappa shape index (κ2) is 7.19. The average molecular weight is 329 g/mol. The molecule has 2 N–H and O–H groups in total. The zero-order chi connectivity index (χ0) is 17.9. The third kappa shape index (κ3) is 4.36. The molecule has 0 aliphatic heterocycles. The summed E-state index contributed by atoms with van der Waals surface area (Å²) < 4.78 is 54.6. The summed E-state index contributed by atoms with van der Waals surface area (Å²) in [6, 6.07) is 0. The Morgan fingerprint density at radius 3 is 2.04 bits per heavy atom. The summed E-state index contributed by atoms with van der Waals surface area (Å²) in [5, 5.41) is -0.767. The summed E-state index contributed by atoms with van der Waals surface area (Å²) in [6.07, 6.45) is 0.245. The van der Waals surface area contributed by atoms with Gasteiger partial charge in [-0.2, -0.15) is 0 Å². The summed E-state index contributed by atoms with van der Waals surface area (Å²) in [5.41, 5.74) is 4.45. The Bertz CT molecular complexity index is 614. The van der Waals surface area contributed by atoms with Crippen molar-refractivity contribution in [1.82, 2.24) is 0 Å². The topological polar surface area (TPSA) is 43.1 Å². The molecule has 0 amide bonds. The normalized spacial score (nSPS) is 13.7. The lowest BCUT2D eigenvalue weighted by Gasteiger charge is -2.23.